The van der Waals surface area contributed by atoms with Crippen molar-refractivity contribution in [2.45, 2.75) is 6.92 Å². The maximum atomic E-state index is 11.9. The lowest BCUT2D eigenvalue weighted by Gasteiger charge is -2.15. The molecule has 1 aromatic rings. The molecule has 0 amide bonds. The predicted molar refractivity (Wildman–Crippen MR) is 75.5 cm³/mol. The molecule has 1 aromatic carbocycles. The molecule has 1 atom stereocenters. The van der Waals surface area contributed by atoms with Gasteiger partial charge in [0, 0.05) is 18.2 Å². The Bertz CT molecular complexity index is 714. The van der Waals surface area contributed by atoms with Crippen molar-refractivity contribution in [3.63, 3.8) is 0 Å². The normalized spacial score (nSPS) is 18.0. The molecule has 0 saturated carbocycles. The second-order valence-electron chi connectivity index (χ2n) is 4.60. The van der Waals surface area contributed by atoms with Crippen LogP contribution < -0.4 is 0 Å². The second kappa shape index (κ2) is 6.13. The van der Waals surface area contributed by atoms with Crippen LogP contribution in [0.25, 0.3) is 6.08 Å². The molecular weight excluding hydrogens is 290 g/mol. The van der Waals surface area contributed by atoms with Crippen LogP contribution >= 0.6 is 0 Å². The SMILES string of the molecule is CC1=CC(=O)C(C(=O)/C=C/c2ccc([N+](=O)[O-])cc2)C(=O)O1. The van der Waals surface area contributed by atoms with Crippen LogP contribution in [0.1, 0.15) is 12.5 Å². The standard InChI is InChI=1S/C15H11NO6/c1-9-8-13(18)14(15(19)22-9)12(17)7-4-10-2-5-11(6-3-10)16(20)21/h2-8,14H,1H3/b7-4+. The van der Waals surface area contributed by atoms with E-state index in [9.17, 15) is 24.5 Å². The third-order valence-corrected chi connectivity index (χ3v) is 2.96. The summed E-state index contributed by atoms with van der Waals surface area (Å²) < 4.78 is 4.76. The number of hydrogen-bond acceptors (Lipinski definition) is 6. The Morgan fingerprint density at radius 2 is 1.91 bits per heavy atom. The Morgan fingerprint density at radius 3 is 2.45 bits per heavy atom. The number of rotatable bonds is 4. The van der Waals surface area contributed by atoms with E-state index in [1.165, 1.54) is 37.3 Å². The number of nitrogens with zero attached hydrogens (tertiary/aromatic N) is 1. The minimum atomic E-state index is -1.49. The molecule has 0 saturated heterocycles. The molecule has 7 heteroatoms. The number of hydrogen-bond donors (Lipinski definition) is 0. The number of carbonyl (C=O) groups is 3. The summed E-state index contributed by atoms with van der Waals surface area (Å²) in [4.78, 5) is 45.2. The van der Waals surface area contributed by atoms with E-state index < -0.39 is 28.4 Å². The largest absolute Gasteiger partial charge is 0.430 e. The van der Waals surface area contributed by atoms with Crippen molar-refractivity contribution in [2.75, 3.05) is 0 Å². The maximum Gasteiger partial charge on any atom is 0.329 e. The number of ether oxygens (including phenoxy) is 1. The molecule has 7 nitrogen and oxygen atoms in total. The van der Waals surface area contributed by atoms with Crippen LogP contribution in [0.4, 0.5) is 5.69 Å². The lowest BCUT2D eigenvalue weighted by atomic mass is 9.96. The van der Waals surface area contributed by atoms with E-state index in [4.69, 9.17) is 4.74 Å². The van der Waals surface area contributed by atoms with Crippen molar-refractivity contribution in [1.82, 2.24) is 0 Å². The van der Waals surface area contributed by atoms with E-state index in [0.29, 0.717) is 5.56 Å². The van der Waals surface area contributed by atoms with Gasteiger partial charge in [0.05, 0.1) is 4.92 Å². The first-order valence-corrected chi connectivity index (χ1v) is 6.28. The predicted octanol–water partition coefficient (Wildman–Crippen LogP) is 1.82. The number of carbonyl (C=O) groups excluding carboxylic acids is 3. The fourth-order valence-corrected chi connectivity index (χ4v) is 1.88. The molecule has 0 bridgehead atoms. The summed E-state index contributed by atoms with van der Waals surface area (Å²) in [5.41, 5.74) is 0.456. The molecule has 22 heavy (non-hydrogen) atoms. The first kappa shape index (κ1) is 15.3. The summed E-state index contributed by atoms with van der Waals surface area (Å²) in [5, 5.41) is 10.5. The molecule has 0 spiro atoms. The topological polar surface area (TPSA) is 104 Å². The minimum absolute atomic E-state index is 0.0740. The number of nitro groups is 1. The number of esters is 1. The van der Waals surface area contributed by atoms with Crippen LogP contribution in [0.5, 0.6) is 0 Å². The van der Waals surface area contributed by atoms with Gasteiger partial charge >= 0.3 is 5.97 Å². The molecule has 0 aliphatic carbocycles. The molecule has 0 radical (unpaired) electrons. The monoisotopic (exact) mass is 301 g/mol. The van der Waals surface area contributed by atoms with E-state index in [-0.39, 0.29) is 11.4 Å². The highest BCUT2D eigenvalue weighted by Crippen LogP contribution is 2.17. The van der Waals surface area contributed by atoms with Crippen molar-refractivity contribution in [1.29, 1.82) is 0 Å². The van der Waals surface area contributed by atoms with Crippen LogP contribution in [0, 0.1) is 16.0 Å². The van der Waals surface area contributed by atoms with Crippen LogP contribution in [0.3, 0.4) is 0 Å². The van der Waals surface area contributed by atoms with Gasteiger partial charge in [0.15, 0.2) is 17.5 Å². The van der Waals surface area contributed by atoms with Crippen molar-refractivity contribution in [2.24, 2.45) is 5.92 Å². The van der Waals surface area contributed by atoms with Crippen LogP contribution in [0.2, 0.25) is 0 Å². The highest BCUT2D eigenvalue weighted by molar-refractivity contribution is 6.25. The van der Waals surface area contributed by atoms with Gasteiger partial charge in [0.25, 0.3) is 5.69 Å². The molecule has 2 rings (SSSR count). The quantitative estimate of drug-likeness (QED) is 0.276. The lowest BCUT2D eigenvalue weighted by molar-refractivity contribution is -0.384. The number of nitro benzene ring substituents is 1. The summed E-state index contributed by atoms with van der Waals surface area (Å²) >= 11 is 0. The van der Waals surface area contributed by atoms with Gasteiger partial charge in [-0.05, 0) is 30.7 Å². The third kappa shape index (κ3) is 3.32. The lowest BCUT2D eigenvalue weighted by Crippen LogP contribution is -2.34. The average Bonchev–Trinajstić information content (AvgIpc) is 2.44. The van der Waals surface area contributed by atoms with Crippen LogP contribution in [0.15, 0.2) is 42.2 Å². The highest BCUT2D eigenvalue weighted by atomic mass is 16.6. The molecule has 0 aromatic heterocycles. The summed E-state index contributed by atoms with van der Waals surface area (Å²) in [6, 6.07) is 5.48. The Morgan fingerprint density at radius 1 is 1.27 bits per heavy atom. The van der Waals surface area contributed by atoms with Gasteiger partial charge in [-0.1, -0.05) is 6.08 Å². The van der Waals surface area contributed by atoms with Gasteiger partial charge in [0.1, 0.15) is 5.76 Å². The molecule has 1 heterocycles. The first-order chi connectivity index (χ1) is 10.4. The van der Waals surface area contributed by atoms with Gasteiger partial charge in [-0.15, -0.1) is 0 Å². The average molecular weight is 301 g/mol. The second-order valence-corrected chi connectivity index (χ2v) is 4.60. The van der Waals surface area contributed by atoms with Crippen LogP contribution in [-0.4, -0.2) is 22.5 Å². The Balaban J connectivity index is 2.13. The fourth-order valence-electron chi connectivity index (χ4n) is 1.88. The molecule has 0 fully saturated rings. The Kier molecular flexibility index (Phi) is 4.26. The summed E-state index contributed by atoms with van der Waals surface area (Å²) in [6.45, 7) is 1.45. The summed E-state index contributed by atoms with van der Waals surface area (Å²) in [7, 11) is 0. The van der Waals surface area contributed by atoms with E-state index >= 15 is 0 Å². The number of benzene rings is 1. The Labute approximate surface area is 125 Å². The molecular formula is C15H11NO6. The number of allylic oxidation sites excluding steroid dienone is 3. The van der Waals surface area contributed by atoms with Gasteiger partial charge in [0.2, 0.25) is 0 Å². The summed E-state index contributed by atoms with van der Waals surface area (Å²) in [6.07, 6.45) is 3.56. The van der Waals surface area contributed by atoms with Gasteiger partial charge in [-0.2, -0.15) is 0 Å². The van der Waals surface area contributed by atoms with Gasteiger partial charge in [-0.3, -0.25) is 24.5 Å². The van der Waals surface area contributed by atoms with E-state index in [1.807, 2.05) is 0 Å². The van der Waals surface area contributed by atoms with Crippen molar-refractivity contribution < 1.29 is 24.0 Å². The number of cyclic esters (lactones) is 1. The zero-order valence-electron chi connectivity index (χ0n) is 11.5. The number of ketones is 2. The van der Waals surface area contributed by atoms with E-state index in [2.05, 4.69) is 0 Å². The van der Waals surface area contributed by atoms with Crippen molar-refractivity contribution in [3.8, 4) is 0 Å². The molecule has 1 aliphatic rings. The molecule has 1 unspecified atom stereocenters. The first-order valence-electron chi connectivity index (χ1n) is 6.28. The molecule has 1 aliphatic heterocycles. The van der Waals surface area contributed by atoms with Gasteiger partial charge < -0.3 is 4.74 Å². The molecule has 112 valence electrons. The van der Waals surface area contributed by atoms with Crippen molar-refractivity contribution >= 4 is 29.3 Å². The summed E-state index contributed by atoms with van der Waals surface area (Å²) in [5.74, 6) is -3.55. The zero-order chi connectivity index (χ0) is 16.3. The maximum absolute atomic E-state index is 11.9. The number of non-ortho nitro benzene ring substituents is 1. The van der Waals surface area contributed by atoms with E-state index in [0.717, 1.165) is 12.2 Å². The van der Waals surface area contributed by atoms with Crippen LogP contribution in [-0.2, 0) is 19.1 Å². The molecule has 0 N–H and O–H groups in total. The minimum Gasteiger partial charge on any atom is -0.430 e. The zero-order valence-corrected chi connectivity index (χ0v) is 11.5. The fraction of sp³-hybridized carbons (Fsp3) is 0.133. The Hall–Kier alpha value is -3.09. The smallest absolute Gasteiger partial charge is 0.329 e. The third-order valence-electron chi connectivity index (χ3n) is 2.96. The highest BCUT2D eigenvalue weighted by Gasteiger charge is 2.36. The van der Waals surface area contributed by atoms with Gasteiger partial charge in [-0.25, -0.2) is 0 Å². The van der Waals surface area contributed by atoms with E-state index in [1.54, 1.807) is 0 Å². The van der Waals surface area contributed by atoms with Crippen molar-refractivity contribution in [3.05, 3.63) is 57.9 Å².